The number of rotatable bonds is 4. The van der Waals surface area contributed by atoms with Crippen molar-refractivity contribution in [2.75, 3.05) is 14.1 Å². The number of fused-ring (bicyclic) bond motifs is 2. The summed E-state index contributed by atoms with van der Waals surface area (Å²) >= 11 is 6.83. The van der Waals surface area contributed by atoms with Gasteiger partial charge in [0.2, 0.25) is 5.60 Å². The quantitative estimate of drug-likeness (QED) is 0.365. The molecule has 2 unspecified atom stereocenters. The van der Waals surface area contributed by atoms with Crippen LogP contribution < -0.4 is 0 Å². The van der Waals surface area contributed by atoms with Crippen molar-refractivity contribution in [3.8, 4) is 0 Å². The Balaban J connectivity index is 1.64. The monoisotopic (exact) mass is 520 g/mol. The summed E-state index contributed by atoms with van der Waals surface area (Å²) in [5.41, 5.74) is -0.891. The largest absolute Gasteiger partial charge is 0.459 e. The Labute approximate surface area is 188 Å². The van der Waals surface area contributed by atoms with Crippen molar-refractivity contribution in [3.63, 3.8) is 0 Å². The number of aliphatic hydroxyl groups is 1. The van der Waals surface area contributed by atoms with Crippen molar-refractivity contribution in [2.24, 2.45) is 0 Å². The zero-order chi connectivity index (χ0) is 20.8. The molecule has 1 saturated heterocycles. The highest BCUT2D eigenvalue weighted by molar-refractivity contribution is 9.10. The van der Waals surface area contributed by atoms with E-state index in [0.717, 1.165) is 26.3 Å². The summed E-state index contributed by atoms with van der Waals surface area (Å²) in [5, 5.41) is 11.7. The first kappa shape index (κ1) is 20.8. The van der Waals surface area contributed by atoms with Gasteiger partial charge in [-0.1, -0.05) is 56.1 Å². The number of hydrogen-bond acceptors (Lipinski definition) is 3. The first-order chi connectivity index (χ1) is 13.7. The number of nitrogens with zero attached hydrogens (tertiary/aromatic N) is 1. The highest BCUT2D eigenvalue weighted by Gasteiger charge is 2.49. The summed E-state index contributed by atoms with van der Waals surface area (Å²) in [4.78, 5) is 13.4. The molecule has 2 aromatic carbocycles. The molecule has 3 atom stereocenters. The van der Waals surface area contributed by atoms with E-state index in [4.69, 9.17) is 4.74 Å². The second kappa shape index (κ2) is 7.65. The molecule has 0 radical (unpaired) electrons. The predicted molar refractivity (Wildman–Crippen MR) is 119 cm³/mol. The van der Waals surface area contributed by atoms with E-state index in [1.165, 1.54) is 0 Å². The second-order valence-corrected chi connectivity index (χ2v) is 10.2. The molecule has 0 saturated carbocycles. The maximum absolute atomic E-state index is 13.4. The molecule has 2 heterocycles. The van der Waals surface area contributed by atoms with E-state index in [0.29, 0.717) is 23.2 Å². The number of likely N-dealkylation sites (N-methyl/N-ethyl adjacent to an activating group) is 1. The third kappa shape index (κ3) is 3.72. The summed E-state index contributed by atoms with van der Waals surface area (Å²) in [5.74, 6) is -0.626. The van der Waals surface area contributed by atoms with Crippen LogP contribution in [0.5, 0.6) is 0 Å². The van der Waals surface area contributed by atoms with Gasteiger partial charge in [-0.25, -0.2) is 4.79 Å². The molecule has 1 fully saturated rings. The minimum absolute atomic E-state index is 0.212. The highest BCUT2D eigenvalue weighted by atomic mass is 79.9. The van der Waals surface area contributed by atoms with Crippen LogP contribution in [0.1, 0.15) is 24.0 Å². The van der Waals surface area contributed by atoms with Crippen LogP contribution in [-0.4, -0.2) is 47.8 Å². The second-order valence-electron chi connectivity index (χ2n) is 8.37. The molecule has 1 N–H and O–H groups in total. The normalized spacial score (nSPS) is 25.1. The maximum Gasteiger partial charge on any atom is 0.347 e. The van der Waals surface area contributed by atoms with Gasteiger partial charge in [-0.05, 0) is 47.5 Å². The first-order valence-electron chi connectivity index (χ1n) is 9.68. The van der Waals surface area contributed by atoms with Crippen molar-refractivity contribution in [2.45, 2.75) is 36.6 Å². The number of carbonyl (C=O) groups is 1. The Morgan fingerprint density at radius 2 is 1.34 bits per heavy atom. The smallest absolute Gasteiger partial charge is 0.347 e. The summed E-state index contributed by atoms with van der Waals surface area (Å²) in [6, 6.07) is 14.9. The van der Waals surface area contributed by atoms with E-state index >= 15 is 0 Å². The molecule has 0 amide bonds. The van der Waals surface area contributed by atoms with Gasteiger partial charge in [0.1, 0.15) is 18.2 Å². The first-order valence-corrected chi connectivity index (χ1v) is 11.3. The van der Waals surface area contributed by atoms with Gasteiger partial charge in [-0.3, -0.25) is 0 Å². The third-order valence-corrected chi connectivity index (χ3v) is 7.42. The average molecular weight is 522 g/mol. The topological polar surface area (TPSA) is 46.5 Å². The van der Waals surface area contributed by atoms with Gasteiger partial charge in [-0.15, -0.1) is 0 Å². The molecule has 0 spiro atoms. The number of halogens is 2. The van der Waals surface area contributed by atoms with Crippen LogP contribution in [0, 0.1) is 0 Å². The van der Waals surface area contributed by atoms with Gasteiger partial charge in [0.05, 0.1) is 14.1 Å². The molecule has 0 aromatic heterocycles. The van der Waals surface area contributed by atoms with E-state index < -0.39 is 11.6 Å². The standard InChI is InChI=1S/C23H24Br2NO3/c1-26(2)19-11-12-20(26)14-21(13-19)29-22(27)23(28,15-3-7-17(24)8-4-15)16-5-9-18(25)10-6-16/h3-12,19-21,28H,13-14H2,1-2H3/q+1/t19-,20?,21?/m1/s1. The molecule has 6 heteroatoms. The number of benzene rings is 2. The molecule has 2 aromatic rings. The fourth-order valence-corrected chi connectivity index (χ4v) is 4.93. The van der Waals surface area contributed by atoms with Crippen molar-refractivity contribution in [1.29, 1.82) is 0 Å². The molecule has 4 rings (SSSR count). The maximum atomic E-state index is 13.4. The molecule has 2 aliphatic heterocycles. The zero-order valence-electron chi connectivity index (χ0n) is 16.4. The van der Waals surface area contributed by atoms with Gasteiger partial charge >= 0.3 is 5.97 Å². The predicted octanol–water partition coefficient (Wildman–Crippen LogP) is 4.54. The van der Waals surface area contributed by atoms with Crippen molar-refractivity contribution < 1.29 is 19.1 Å². The van der Waals surface area contributed by atoms with E-state index in [1.807, 2.05) is 24.3 Å². The average Bonchev–Trinajstić information content (AvgIpc) is 2.85. The minimum atomic E-state index is -1.87. The summed E-state index contributed by atoms with van der Waals surface area (Å²) in [6.45, 7) is 0. The number of piperidine rings is 1. The van der Waals surface area contributed by atoms with Crippen LogP contribution in [0.4, 0.5) is 0 Å². The number of esters is 1. The van der Waals surface area contributed by atoms with E-state index in [-0.39, 0.29) is 6.10 Å². The summed E-state index contributed by atoms with van der Waals surface area (Å²) in [6.07, 6.45) is 5.78. The SMILES string of the molecule is C[N+]1(C)C2C=C[C@@H]1CC(OC(=O)C(O)(c1ccc(Br)cc1)c1ccc(Br)cc1)C2. The fourth-order valence-electron chi connectivity index (χ4n) is 4.40. The zero-order valence-corrected chi connectivity index (χ0v) is 19.6. The Bertz CT molecular complexity index is 874. The molecule has 2 bridgehead atoms. The van der Waals surface area contributed by atoms with Crippen molar-refractivity contribution in [3.05, 3.63) is 80.8 Å². The molecular formula is C23H24Br2NO3+. The van der Waals surface area contributed by atoms with E-state index in [1.54, 1.807) is 24.3 Å². The Hall–Kier alpha value is -1.47. The molecule has 0 aliphatic carbocycles. The number of carbonyl (C=O) groups excluding carboxylic acids is 1. The number of ether oxygens (including phenoxy) is 1. The Morgan fingerprint density at radius 3 is 1.76 bits per heavy atom. The lowest BCUT2D eigenvalue weighted by molar-refractivity contribution is -0.926. The van der Waals surface area contributed by atoms with Crippen LogP contribution in [0.2, 0.25) is 0 Å². The molecule has 2 aliphatic rings. The molecular weight excluding hydrogens is 498 g/mol. The van der Waals surface area contributed by atoms with Gasteiger partial charge in [0.15, 0.2) is 0 Å². The van der Waals surface area contributed by atoms with E-state index in [9.17, 15) is 9.90 Å². The van der Waals surface area contributed by atoms with E-state index in [2.05, 4.69) is 58.1 Å². The van der Waals surface area contributed by atoms with Crippen molar-refractivity contribution >= 4 is 37.8 Å². The lowest BCUT2D eigenvalue weighted by Gasteiger charge is -2.44. The summed E-state index contributed by atoms with van der Waals surface area (Å²) < 4.78 is 8.59. The minimum Gasteiger partial charge on any atom is -0.459 e. The Kier molecular flexibility index (Phi) is 5.49. The van der Waals surface area contributed by atoms with Crippen molar-refractivity contribution in [1.82, 2.24) is 0 Å². The van der Waals surface area contributed by atoms with Gasteiger partial charge < -0.3 is 14.3 Å². The molecule has 29 heavy (non-hydrogen) atoms. The fraction of sp³-hybridized carbons (Fsp3) is 0.348. The number of hydrogen-bond donors (Lipinski definition) is 1. The van der Waals surface area contributed by atoms with Crippen LogP contribution in [0.15, 0.2) is 69.6 Å². The van der Waals surface area contributed by atoms with Crippen LogP contribution in [0.25, 0.3) is 0 Å². The Morgan fingerprint density at radius 1 is 0.931 bits per heavy atom. The lowest BCUT2D eigenvalue weighted by Crippen LogP contribution is -2.57. The lowest BCUT2D eigenvalue weighted by atomic mass is 9.86. The highest BCUT2D eigenvalue weighted by Crippen LogP contribution is 2.38. The van der Waals surface area contributed by atoms with Gasteiger partial charge in [0.25, 0.3) is 0 Å². The van der Waals surface area contributed by atoms with Crippen LogP contribution in [-0.2, 0) is 15.1 Å². The molecule has 152 valence electrons. The van der Waals surface area contributed by atoms with Gasteiger partial charge in [0, 0.05) is 21.8 Å². The molecule has 4 nitrogen and oxygen atoms in total. The summed E-state index contributed by atoms with van der Waals surface area (Å²) in [7, 11) is 4.43. The van der Waals surface area contributed by atoms with Crippen LogP contribution in [0.3, 0.4) is 0 Å². The van der Waals surface area contributed by atoms with Gasteiger partial charge in [-0.2, -0.15) is 0 Å². The third-order valence-electron chi connectivity index (χ3n) is 6.37. The number of quaternary nitrogens is 1. The van der Waals surface area contributed by atoms with Crippen LogP contribution >= 0.6 is 31.9 Å².